The van der Waals surface area contributed by atoms with Crippen LogP contribution in [0.25, 0.3) is 10.6 Å². The lowest BCUT2D eigenvalue weighted by Crippen LogP contribution is -1.85. The van der Waals surface area contributed by atoms with E-state index in [4.69, 9.17) is 10.2 Å². The van der Waals surface area contributed by atoms with E-state index in [0.717, 1.165) is 0 Å². The maximum Gasteiger partial charge on any atom is 0.232 e. The summed E-state index contributed by atoms with van der Waals surface area (Å²) in [5.41, 5.74) is 6.66. The molecular formula is C13H10N4O2S. The molecule has 0 aliphatic carbocycles. The lowest BCUT2D eigenvalue weighted by Gasteiger charge is -2.00. The molecule has 2 heterocycles. The summed E-state index contributed by atoms with van der Waals surface area (Å²) in [5.74, 6) is 0.708. The average Bonchev–Trinajstić information content (AvgIpc) is 3.07. The van der Waals surface area contributed by atoms with Gasteiger partial charge in [-0.25, -0.2) is 4.99 Å². The van der Waals surface area contributed by atoms with Gasteiger partial charge < -0.3 is 15.3 Å². The van der Waals surface area contributed by atoms with E-state index >= 15 is 0 Å². The summed E-state index contributed by atoms with van der Waals surface area (Å²) in [7, 11) is 0. The first-order chi connectivity index (χ1) is 9.72. The van der Waals surface area contributed by atoms with Crippen LogP contribution in [0.5, 0.6) is 5.75 Å². The third-order valence-electron chi connectivity index (χ3n) is 2.51. The smallest absolute Gasteiger partial charge is 0.232 e. The highest BCUT2D eigenvalue weighted by molar-refractivity contribution is 7.18. The van der Waals surface area contributed by atoms with Crippen molar-refractivity contribution >= 4 is 28.4 Å². The lowest BCUT2D eigenvalue weighted by atomic mass is 10.2. The Hall–Kier alpha value is -2.67. The fourth-order valence-corrected chi connectivity index (χ4v) is 2.31. The van der Waals surface area contributed by atoms with Crippen LogP contribution in [0.3, 0.4) is 0 Å². The number of furan rings is 1. The molecule has 0 saturated heterocycles. The first-order valence-corrected chi connectivity index (χ1v) is 6.54. The largest absolute Gasteiger partial charge is 0.507 e. The van der Waals surface area contributed by atoms with Crippen molar-refractivity contribution in [1.82, 2.24) is 10.2 Å². The number of hydrogen-bond donors (Lipinski definition) is 2. The van der Waals surface area contributed by atoms with Crippen molar-refractivity contribution in [3.63, 3.8) is 0 Å². The van der Waals surface area contributed by atoms with Crippen molar-refractivity contribution in [3.05, 3.63) is 42.4 Å². The van der Waals surface area contributed by atoms with Crippen LogP contribution in [0, 0.1) is 0 Å². The molecule has 0 spiro atoms. The number of nitrogens with zero attached hydrogens (tertiary/aromatic N) is 3. The topological polar surface area (TPSA) is 97.5 Å². The normalized spacial score (nSPS) is 11.2. The van der Waals surface area contributed by atoms with Gasteiger partial charge in [0.05, 0.1) is 18.0 Å². The molecule has 0 aliphatic rings. The molecule has 3 aromatic rings. The minimum absolute atomic E-state index is 0.0720. The Balaban J connectivity index is 1.86. The number of phenols is 1. The van der Waals surface area contributed by atoms with Crippen LogP contribution >= 0.6 is 11.3 Å². The molecule has 0 amide bonds. The Kier molecular flexibility index (Phi) is 3.18. The number of nitrogen functional groups attached to an aromatic ring is 1. The highest BCUT2D eigenvalue weighted by atomic mass is 32.1. The van der Waals surface area contributed by atoms with E-state index < -0.39 is 0 Å². The fraction of sp³-hybridized carbons (Fsp3) is 0. The van der Waals surface area contributed by atoms with Gasteiger partial charge in [-0.15, -0.1) is 10.2 Å². The van der Waals surface area contributed by atoms with E-state index in [9.17, 15) is 5.11 Å². The number of benzene rings is 1. The van der Waals surface area contributed by atoms with Gasteiger partial charge in [-0.05, 0) is 24.3 Å². The second-order valence-electron chi connectivity index (χ2n) is 3.94. The molecule has 100 valence electrons. The highest BCUT2D eigenvalue weighted by Crippen LogP contribution is 2.34. The molecule has 20 heavy (non-hydrogen) atoms. The summed E-state index contributed by atoms with van der Waals surface area (Å²) in [6.07, 6.45) is 3.13. The van der Waals surface area contributed by atoms with E-state index in [2.05, 4.69) is 15.2 Å². The van der Waals surface area contributed by atoms with Gasteiger partial charge in [0.25, 0.3) is 0 Å². The van der Waals surface area contributed by atoms with Crippen LogP contribution in [0.4, 0.5) is 10.8 Å². The van der Waals surface area contributed by atoms with E-state index in [1.165, 1.54) is 17.4 Å². The number of anilines is 1. The third kappa shape index (κ3) is 2.52. The zero-order chi connectivity index (χ0) is 13.9. The summed E-state index contributed by atoms with van der Waals surface area (Å²) in [5, 5.41) is 18.8. The molecule has 0 unspecified atom stereocenters. The molecule has 0 aliphatic heterocycles. The quantitative estimate of drug-likeness (QED) is 0.570. The van der Waals surface area contributed by atoms with E-state index in [1.54, 1.807) is 36.7 Å². The summed E-state index contributed by atoms with van der Waals surface area (Å²) in [4.78, 5) is 4.16. The maximum absolute atomic E-state index is 9.84. The molecule has 0 fully saturated rings. The van der Waals surface area contributed by atoms with Gasteiger partial charge in [-0.2, -0.15) is 0 Å². The Morgan fingerprint density at radius 3 is 2.95 bits per heavy atom. The molecule has 7 heteroatoms. The summed E-state index contributed by atoms with van der Waals surface area (Å²) >= 11 is 1.27. The standard InChI is InChI=1S/C13H10N4O2S/c14-8-3-4-10(11(18)6-8)12-16-17-13(20-12)15-7-9-2-1-5-19-9/h1-7,18H,14H2/b15-7+. The number of nitrogens with two attached hydrogens (primary N) is 1. The van der Waals surface area contributed by atoms with Crippen molar-refractivity contribution in [2.75, 3.05) is 5.73 Å². The van der Waals surface area contributed by atoms with Crippen LogP contribution in [0.2, 0.25) is 0 Å². The molecule has 0 atom stereocenters. The molecular weight excluding hydrogens is 276 g/mol. The van der Waals surface area contributed by atoms with Crippen molar-refractivity contribution in [1.29, 1.82) is 0 Å². The zero-order valence-electron chi connectivity index (χ0n) is 10.2. The molecule has 3 rings (SSSR count). The number of aromatic nitrogens is 2. The number of aliphatic imine (C=N–C) groups is 1. The van der Waals surface area contributed by atoms with E-state index in [-0.39, 0.29) is 5.75 Å². The highest BCUT2D eigenvalue weighted by Gasteiger charge is 2.10. The lowest BCUT2D eigenvalue weighted by molar-refractivity contribution is 0.477. The van der Waals surface area contributed by atoms with E-state index in [0.29, 0.717) is 27.2 Å². The third-order valence-corrected chi connectivity index (χ3v) is 3.38. The minimum Gasteiger partial charge on any atom is -0.507 e. The van der Waals surface area contributed by atoms with Crippen LogP contribution in [-0.2, 0) is 0 Å². The first kappa shape index (κ1) is 12.4. The number of rotatable bonds is 3. The van der Waals surface area contributed by atoms with Crippen molar-refractivity contribution in [3.8, 4) is 16.3 Å². The molecule has 0 radical (unpaired) electrons. The van der Waals surface area contributed by atoms with Gasteiger partial charge in [0.2, 0.25) is 5.13 Å². The van der Waals surface area contributed by atoms with Gasteiger partial charge >= 0.3 is 0 Å². The fourth-order valence-electron chi connectivity index (χ4n) is 1.59. The summed E-state index contributed by atoms with van der Waals surface area (Å²) < 4.78 is 5.13. The van der Waals surface area contributed by atoms with Crippen molar-refractivity contribution in [2.24, 2.45) is 4.99 Å². The van der Waals surface area contributed by atoms with Crippen LogP contribution in [-0.4, -0.2) is 21.5 Å². The predicted molar refractivity (Wildman–Crippen MR) is 77.4 cm³/mol. The second-order valence-corrected chi connectivity index (χ2v) is 4.90. The molecule has 2 aromatic heterocycles. The van der Waals surface area contributed by atoms with Gasteiger partial charge in [-0.1, -0.05) is 11.3 Å². The predicted octanol–water partition coefficient (Wildman–Crippen LogP) is 2.84. The summed E-state index contributed by atoms with van der Waals surface area (Å²) in [6.45, 7) is 0. The van der Waals surface area contributed by atoms with Gasteiger partial charge in [0.1, 0.15) is 11.5 Å². The second kappa shape index (κ2) is 5.14. The average molecular weight is 286 g/mol. The minimum atomic E-state index is 0.0720. The first-order valence-electron chi connectivity index (χ1n) is 5.72. The monoisotopic (exact) mass is 286 g/mol. The van der Waals surface area contributed by atoms with E-state index in [1.807, 2.05) is 0 Å². The van der Waals surface area contributed by atoms with Crippen LogP contribution in [0.1, 0.15) is 5.76 Å². The molecule has 0 bridgehead atoms. The Morgan fingerprint density at radius 2 is 2.20 bits per heavy atom. The van der Waals surface area contributed by atoms with Crippen molar-refractivity contribution in [2.45, 2.75) is 0 Å². The Bertz CT molecular complexity index is 750. The van der Waals surface area contributed by atoms with Crippen LogP contribution in [0.15, 0.2) is 46.0 Å². The SMILES string of the molecule is Nc1ccc(-c2nnc(/N=C/c3ccco3)s2)c(O)c1. The zero-order valence-corrected chi connectivity index (χ0v) is 11.0. The van der Waals surface area contributed by atoms with Gasteiger partial charge in [0, 0.05) is 11.8 Å². The number of phenolic OH excluding ortho intramolecular Hbond substituents is 1. The Labute approximate surface area is 118 Å². The summed E-state index contributed by atoms with van der Waals surface area (Å²) in [6, 6.07) is 8.44. The molecule has 3 N–H and O–H groups in total. The Morgan fingerprint density at radius 1 is 1.30 bits per heavy atom. The number of hydrogen-bond acceptors (Lipinski definition) is 7. The molecule has 6 nitrogen and oxygen atoms in total. The molecule has 0 saturated carbocycles. The van der Waals surface area contributed by atoms with Crippen molar-refractivity contribution < 1.29 is 9.52 Å². The number of aromatic hydroxyl groups is 1. The maximum atomic E-state index is 9.84. The van der Waals surface area contributed by atoms with Gasteiger partial charge in [0.15, 0.2) is 5.01 Å². The molecule has 1 aromatic carbocycles. The van der Waals surface area contributed by atoms with Gasteiger partial charge in [-0.3, -0.25) is 0 Å². The van der Waals surface area contributed by atoms with Crippen LogP contribution < -0.4 is 5.73 Å².